The molecule has 0 aliphatic carbocycles. The quantitative estimate of drug-likeness (QED) is 0.159. The maximum atomic E-state index is 12.2. The maximum Gasteiger partial charge on any atom is 0.390 e. The van der Waals surface area contributed by atoms with Gasteiger partial charge in [0, 0.05) is 6.92 Å². The summed E-state index contributed by atoms with van der Waals surface area (Å²) < 4.78 is 5.03. The number of hydrogen-bond acceptors (Lipinski definition) is 9. The first kappa shape index (κ1) is 22.3. The van der Waals surface area contributed by atoms with Crippen molar-refractivity contribution in [1.29, 1.82) is 0 Å². The number of aryl methyl sites for hydroxylation is 2. The van der Waals surface area contributed by atoms with Crippen LogP contribution >= 0.6 is 0 Å². The first-order chi connectivity index (χ1) is 14.3. The number of hydrogen-bond donors (Lipinski definition) is 0. The zero-order valence-electron chi connectivity index (χ0n) is 16.3. The second-order valence-electron chi connectivity index (χ2n) is 6.14. The molecule has 0 fully saturated rings. The molecule has 2 aromatic carbocycles. The standard InChI is InChI=1S/C20H19NO9/c1-13-5-3-7-17(18(13)28-14(2)22)20(24)30-29-19(23)16-10-8-15(9-11-16)6-4-12-27-21(25)26/h3,5,7-11H,4,6,12H2,1-2H3. The van der Waals surface area contributed by atoms with Gasteiger partial charge in [-0.05, 0) is 49.1 Å². The van der Waals surface area contributed by atoms with Crippen LogP contribution in [0.4, 0.5) is 0 Å². The molecule has 0 N–H and O–H groups in total. The lowest BCUT2D eigenvalue weighted by molar-refractivity contribution is -0.757. The first-order valence-corrected chi connectivity index (χ1v) is 8.85. The Morgan fingerprint density at radius 1 is 1.00 bits per heavy atom. The Morgan fingerprint density at radius 2 is 1.67 bits per heavy atom. The number of nitrogens with zero attached hydrogens (tertiary/aromatic N) is 1. The lowest BCUT2D eigenvalue weighted by Gasteiger charge is -2.10. The number of esters is 1. The Kier molecular flexibility index (Phi) is 7.86. The molecule has 30 heavy (non-hydrogen) atoms. The molecular formula is C20H19NO9. The van der Waals surface area contributed by atoms with Crippen LogP contribution in [0.5, 0.6) is 5.75 Å². The summed E-state index contributed by atoms with van der Waals surface area (Å²) >= 11 is 0. The summed E-state index contributed by atoms with van der Waals surface area (Å²) in [6.07, 6.45) is 0.952. The van der Waals surface area contributed by atoms with Gasteiger partial charge in [-0.25, -0.2) is 19.4 Å². The second kappa shape index (κ2) is 10.6. The van der Waals surface area contributed by atoms with E-state index in [-0.39, 0.29) is 23.5 Å². The fraction of sp³-hybridized carbons (Fsp3) is 0.250. The van der Waals surface area contributed by atoms with Crippen LogP contribution in [0, 0.1) is 17.0 Å². The molecule has 10 heteroatoms. The van der Waals surface area contributed by atoms with Crippen molar-refractivity contribution in [2.75, 3.05) is 6.61 Å². The summed E-state index contributed by atoms with van der Waals surface area (Å²) in [6, 6.07) is 10.8. The van der Waals surface area contributed by atoms with E-state index < -0.39 is 23.0 Å². The van der Waals surface area contributed by atoms with E-state index in [2.05, 4.69) is 14.6 Å². The van der Waals surface area contributed by atoms with Gasteiger partial charge in [-0.2, -0.15) is 0 Å². The average Bonchev–Trinajstić information content (AvgIpc) is 2.70. The van der Waals surface area contributed by atoms with E-state index in [4.69, 9.17) is 4.74 Å². The Morgan fingerprint density at radius 3 is 2.30 bits per heavy atom. The zero-order chi connectivity index (χ0) is 22.1. The molecule has 0 unspecified atom stereocenters. The molecule has 0 spiro atoms. The molecule has 2 aromatic rings. The van der Waals surface area contributed by atoms with Gasteiger partial charge >= 0.3 is 17.9 Å². The van der Waals surface area contributed by atoms with Crippen molar-refractivity contribution >= 4 is 17.9 Å². The minimum atomic E-state index is -0.995. The van der Waals surface area contributed by atoms with Crippen LogP contribution in [0.2, 0.25) is 0 Å². The highest BCUT2D eigenvalue weighted by Gasteiger charge is 2.20. The van der Waals surface area contributed by atoms with E-state index in [0.29, 0.717) is 18.4 Å². The van der Waals surface area contributed by atoms with Gasteiger partial charge < -0.3 is 9.57 Å². The minimum absolute atomic E-state index is 0.0245. The Bertz CT molecular complexity index is 938. The molecule has 10 nitrogen and oxygen atoms in total. The molecule has 0 bridgehead atoms. The topological polar surface area (TPSA) is 131 Å². The van der Waals surface area contributed by atoms with Gasteiger partial charge in [0.1, 0.15) is 11.3 Å². The van der Waals surface area contributed by atoms with E-state index in [0.717, 1.165) is 5.56 Å². The number of benzene rings is 2. The van der Waals surface area contributed by atoms with E-state index in [9.17, 15) is 24.5 Å². The number of rotatable bonds is 8. The lowest BCUT2D eigenvalue weighted by Crippen LogP contribution is -2.14. The van der Waals surface area contributed by atoms with Gasteiger partial charge in [-0.3, -0.25) is 4.79 Å². The Labute approximate surface area is 171 Å². The van der Waals surface area contributed by atoms with Crippen molar-refractivity contribution in [3.8, 4) is 5.75 Å². The van der Waals surface area contributed by atoms with Crippen LogP contribution in [0.15, 0.2) is 42.5 Å². The fourth-order valence-corrected chi connectivity index (χ4v) is 2.48. The third-order valence-corrected chi connectivity index (χ3v) is 3.87. The van der Waals surface area contributed by atoms with Gasteiger partial charge in [0.2, 0.25) is 0 Å². The van der Waals surface area contributed by atoms with E-state index in [1.165, 1.54) is 25.1 Å². The third-order valence-electron chi connectivity index (χ3n) is 3.87. The Balaban J connectivity index is 1.93. The predicted octanol–water partition coefficient (Wildman–Crippen LogP) is 2.99. The fourth-order valence-electron chi connectivity index (χ4n) is 2.48. The van der Waals surface area contributed by atoms with Crippen molar-refractivity contribution in [1.82, 2.24) is 0 Å². The van der Waals surface area contributed by atoms with Crippen molar-refractivity contribution < 1.29 is 38.8 Å². The van der Waals surface area contributed by atoms with Crippen LogP contribution in [0.1, 0.15) is 45.2 Å². The van der Waals surface area contributed by atoms with Crippen LogP contribution < -0.4 is 4.74 Å². The largest absolute Gasteiger partial charge is 0.426 e. The molecule has 0 heterocycles. The minimum Gasteiger partial charge on any atom is -0.426 e. The number of ether oxygens (including phenoxy) is 1. The second-order valence-corrected chi connectivity index (χ2v) is 6.14. The highest BCUT2D eigenvalue weighted by Crippen LogP contribution is 2.24. The molecule has 0 amide bonds. The third kappa shape index (κ3) is 6.59. The summed E-state index contributed by atoms with van der Waals surface area (Å²) in [5.41, 5.74) is 1.44. The SMILES string of the molecule is CC(=O)Oc1c(C)cccc1C(=O)OOC(=O)c1ccc(CCCO[N+](=O)[O-])cc1. The van der Waals surface area contributed by atoms with E-state index in [1.54, 1.807) is 31.2 Å². The smallest absolute Gasteiger partial charge is 0.390 e. The predicted molar refractivity (Wildman–Crippen MR) is 101 cm³/mol. The molecule has 0 radical (unpaired) electrons. The highest BCUT2D eigenvalue weighted by atomic mass is 17.2. The monoisotopic (exact) mass is 417 g/mol. The molecule has 0 saturated carbocycles. The molecule has 0 aliphatic heterocycles. The van der Waals surface area contributed by atoms with Crippen molar-refractivity contribution in [3.63, 3.8) is 0 Å². The van der Waals surface area contributed by atoms with Crippen molar-refractivity contribution in [2.45, 2.75) is 26.7 Å². The van der Waals surface area contributed by atoms with Crippen LogP contribution in [0.25, 0.3) is 0 Å². The highest BCUT2D eigenvalue weighted by molar-refractivity contribution is 5.95. The molecule has 0 aliphatic rings. The Hall–Kier alpha value is -3.95. The van der Waals surface area contributed by atoms with Gasteiger partial charge in [0.15, 0.2) is 0 Å². The summed E-state index contributed by atoms with van der Waals surface area (Å²) in [6.45, 7) is 2.81. The van der Waals surface area contributed by atoms with Gasteiger partial charge in [0.25, 0.3) is 5.09 Å². The summed E-state index contributed by atoms with van der Waals surface area (Å²) in [5, 5.41) is 9.23. The van der Waals surface area contributed by atoms with Crippen molar-refractivity contribution in [2.24, 2.45) is 0 Å². The number of carbonyl (C=O) groups is 3. The number of carbonyl (C=O) groups excluding carboxylic acids is 3. The van der Waals surface area contributed by atoms with Crippen LogP contribution in [-0.4, -0.2) is 29.6 Å². The summed E-state index contributed by atoms with van der Waals surface area (Å²) in [4.78, 5) is 59.0. The molecule has 0 saturated heterocycles. The summed E-state index contributed by atoms with van der Waals surface area (Å²) in [7, 11) is 0. The van der Waals surface area contributed by atoms with Gasteiger partial charge in [-0.15, -0.1) is 10.1 Å². The number of para-hydroxylation sites is 1. The van der Waals surface area contributed by atoms with Crippen LogP contribution in [-0.2, 0) is 25.8 Å². The molecule has 2 rings (SSSR count). The average molecular weight is 417 g/mol. The van der Waals surface area contributed by atoms with Gasteiger partial charge in [0.05, 0.1) is 12.2 Å². The molecule has 0 aromatic heterocycles. The zero-order valence-corrected chi connectivity index (χ0v) is 16.3. The normalized spacial score (nSPS) is 10.1. The first-order valence-electron chi connectivity index (χ1n) is 8.85. The maximum absolute atomic E-state index is 12.2. The van der Waals surface area contributed by atoms with Crippen LogP contribution in [0.3, 0.4) is 0 Å². The molecular weight excluding hydrogens is 398 g/mol. The summed E-state index contributed by atoms with van der Waals surface area (Å²) in [5.74, 6) is -2.48. The molecule has 0 atom stereocenters. The van der Waals surface area contributed by atoms with Gasteiger partial charge in [-0.1, -0.05) is 24.3 Å². The lowest BCUT2D eigenvalue weighted by atomic mass is 10.1. The molecule has 158 valence electrons. The van der Waals surface area contributed by atoms with E-state index >= 15 is 0 Å². The van der Waals surface area contributed by atoms with E-state index in [1.807, 2.05) is 0 Å². The van der Waals surface area contributed by atoms with Crippen molar-refractivity contribution in [3.05, 3.63) is 74.8 Å².